The van der Waals surface area contributed by atoms with Gasteiger partial charge >= 0.3 is 0 Å². The van der Waals surface area contributed by atoms with E-state index < -0.39 is 0 Å². The fourth-order valence-electron chi connectivity index (χ4n) is 1.82. The molecule has 0 bridgehead atoms. The number of carbonyl (C=O) groups is 1. The zero-order valence-electron chi connectivity index (χ0n) is 8.89. The minimum absolute atomic E-state index is 0.0530. The number of nitrogens with one attached hydrogen (secondary N) is 2. The normalized spacial score (nSPS) is 21.2. The van der Waals surface area contributed by atoms with E-state index in [1.165, 1.54) is 0 Å². The number of halogens is 2. The predicted molar refractivity (Wildman–Crippen MR) is 64.2 cm³/mol. The molecule has 1 saturated heterocycles. The van der Waals surface area contributed by atoms with Gasteiger partial charge in [-0.25, -0.2) is 0 Å². The van der Waals surface area contributed by atoms with Crippen molar-refractivity contribution in [3.8, 4) is 0 Å². The number of amides is 1. The van der Waals surface area contributed by atoms with E-state index >= 15 is 0 Å². The van der Waals surface area contributed by atoms with Crippen molar-refractivity contribution in [1.29, 1.82) is 0 Å². The van der Waals surface area contributed by atoms with Crippen LogP contribution in [-0.2, 0) is 0 Å². The Labute approximate surface area is 104 Å². The molecule has 0 saturated carbocycles. The summed E-state index contributed by atoms with van der Waals surface area (Å²) < 4.78 is 0. The maximum atomic E-state index is 12.1. The molecular formula is C10H13Cl2N3O. The highest BCUT2D eigenvalue weighted by molar-refractivity contribution is 6.41. The molecule has 88 valence electrons. The van der Waals surface area contributed by atoms with E-state index in [0.717, 1.165) is 13.1 Å². The molecule has 0 radical (unpaired) electrons. The standard InChI is InChI=1S/C10H13Cl2N3O/c1-6-5-13-2-3-15(6)10(16)8-4-7(11)9(12)14-8/h4,6,13-14H,2-3,5H2,1H3/t6-/m1/s1. The summed E-state index contributed by atoms with van der Waals surface area (Å²) in [6, 6.07) is 1.75. The van der Waals surface area contributed by atoms with Gasteiger partial charge in [-0.15, -0.1) is 0 Å². The number of aromatic nitrogens is 1. The van der Waals surface area contributed by atoms with Crippen molar-refractivity contribution in [3.63, 3.8) is 0 Å². The van der Waals surface area contributed by atoms with Gasteiger partial charge in [0.25, 0.3) is 5.91 Å². The highest BCUT2D eigenvalue weighted by Crippen LogP contribution is 2.23. The van der Waals surface area contributed by atoms with Gasteiger partial charge in [0.1, 0.15) is 10.8 Å². The second-order valence-corrected chi connectivity index (χ2v) is 4.68. The molecular weight excluding hydrogens is 249 g/mol. The highest BCUT2D eigenvalue weighted by Gasteiger charge is 2.25. The van der Waals surface area contributed by atoms with E-state index in [2.05, 4.69) is 10.3 Å². The Morgan fingerprint density at radius 3 is 2.88 bits per heavy atom. The summed E-state index contributed by atoms with van der Waals surface area (Å²) >= 11 is 11.6. The van der Waals surface area contributed by atoms with E-state index in [1.54, 1.807) is 6.07 Å². The van der Waals surface area contributed by atoms with Gasteiger partial charge in [0.05, 0.1) is 5.02 Å². The largest absolute Gasteiger partial charge is 0.340 e. The highest BCUT2D eigenvalue weighted by atomic mass is 35.5. The molecule has 1 aromatic rings. The lowest BCUT2D eigenvalue weighted by Crippen LogP contribution is -2.52. The minimum atomic E-state index is -0.0530. The van der Waals surface area contributed by atoms with Crippen LogP contribution in [0.15, 0.2) is 6.07 Å². The van der Waals surface area contributed by atoms with Crippen LogP contribution in [0.2, 0.25) is 10.2 Å². The maximum Gasteiger partial charge on any atom is 0.270 e. The van der Waals surface area contributed by atoms with Crippen LogP contribution in [-0.4, -0.2) is 41.5 Å². The number of hydrogen-bond donors (Lipinski definition) is 2. The van der Waals surface area contributed by atoms with Crippen LogP contribution in [0.3, 0.4) is 0 Å². The quantitative estimate of drug-likeness (QED) is 0.810. The zero-order valence-corrected chi connectivity index (χ0v) is 10.4. The molecule has 1 aromatic heterocycles. The summed E-state index contributed by atoms with van der Waals surface area (Å²) in [7, 11) is 0. The Balaban J connectivity index is 2.17. The number of carbonyl (C=O) groups excluding carboxylic acids is 1. The molecule has 6 heteroatoms. The van der Waals surface area contributed by atoms with Gasteiger partial charge < -0.3 is 15.2 Å². The summed E-state index contributed by atoms with van der Waals surface area (Å²) in [4.78, 5) is 16.7. The summed E-state index contributed by atoms with van der Waals surface area (Å²) in [6.07, 6.45) is 0. The average Bonchev–Trinajstić information content (AvgIpc) is 2.59. The molecule has 0 aliphatic carbocycles. The molecule has 2 N–H and O–H groups in total. The molecule has 0 unspecified atom stereocenters. The second-order valence-electron chi connectivity index (χ2n) is 3.90. The first-order valence-corrected chi connectivity index (χ1v) is 5.91. The van der Waals surface area contributed by atoms with Gasteiger partial charge in [0.15, 0.2) is 0 Å². The lowest BCUT2D eigenvalue weighted by Gasteiger charge is -2.33. The van der Waals surface area contributed by atoms with E-state index in [9.17, 15) is 4.79 Å². The first kappa shape index (κ1) is 11.8. The van der Waals surface area contributed by atoms with E-state index in [4.69, 9.17) is 23.2 Å². The predicted octanol–water partition coefficient (Wildman–Crippen LogP) is 1.76. The van der Waals surface area contributed by atoms with Crippen LogP contribution in [0, 0.1) is 0 Å². The van der Waals surface area contributed by atoms with Crippen LogP contribution in [0.1, 0.15) is 17.4 Å². The molecule has 1 aliphatic heterocycles. The fourth-order valence-corrected chi connectivity index (χ4v) is 2.13. The zero-order chi connectivity index (χ0) is 11.7. The van der Waals surface area contributed by atoms with Crippen LogP contribution < -0.4 is 5.32 Å². The number of rotatable bonds is 1. The Hall–Kier alpha value is -0.710. The van der Waals surface area contributed by atoms with Crippen molar-refractivity contribution in [3.05, 3.63) is 21.9 Å². The monoisotopic (exact) mass is 261 g/mol. The summed E-state index contributed by atoms with van der Waals surface area (Å²) in [5.41, 5.74) is 0.448. The van der Waals surface area contributed by atoms with Crippen LogP contribution in [0.4, 0.5) is 0 Å². The third kappa shape index (κ3) is 2.19. The van der Waals surface area contributed by atoms with Crippen LogP contribution >= 0.6 is 23.2 Å². The van der Waals surface area contributed by atoms with E-state index in [1.807, 2.05) is 11.8 Å². The molecule has 1 aliphatic rings. The lowest BCUT2D eigenvalue weighted by molar-refractivity contribution is 0.0650. The van der Waals surface area contributed by atoms with Gasteiger partial charge in [-0.05, 0) is 13.0 Å². The first-order valence-electron chi connectivity index (χ1n) is 5.15. The minimum Gasteiger partial charge on any atom is -0.340 e. The number of aromatic amines is 1. The van der Waals surface area contributed by atoms with E-state index in [-0.39, 0.29) is 11.9 Å². The average molecular weight is 262 g/mol. The Morgan fingerprint density at radius 1 is 1.56 bits per heavy atom. The lowest BCUT2D eigenvalue weighted by atomic mass is 10.2. The Morgan fingerprint density at radius 2 is 2.31 bits per heavy atom. The molecule has 0 spiro atoms. The number of H-pyrrole nitrogens is 1. The van der Waals surface area contributed by atoms with Gasteiger partial charge in [-0.3, -0.25) is 4.79 Å². The third-order valence-electron chi connectivity index (χ3n) is 2.72. The third-order valence-corrected chi connectivity index (χ3v) is 3.41. The van der Waals surface area contributed by atoms with Crippen molar-refractivity contribution in [2.24, 2.45) is 0 Å². The van der Waals surface area contributed by atoms with Crippen LogP contribution in [0.25, 0.3) is 0 Å². The molecule has 1 amide bonds. The van der Waals surface area contributed by atoms with Gasteiger partial charge in [-0.2, -0.15) is 0 Å². The number of nitrogens with zero attached hydrogens (tertiary/aromatic N) is 1. The van der Waals surface area contributed by atoms with Crippen LogP contribution in [0.5, 0.6) is 0 Å². The molecule has 16 heavy (non-hydrogen) atoms. The smallest absolute Gasteiger partial charge is 0.270 e. The molecule has 1 fully saturated rings. The summed E-state index contributed by atoms with van der Waals surface area (Å²) in [5, 5.41) is 3.93. The molecule has 4 nitrogen and oxygen atoms in total. The topological polar surface area (TPSA) is 48.1 Å². The molecule has 2 heterocycles. The number of piperazine rings is 1. The second kappa shape index (κ2) is 4.65. The van der Waals surface area contributed by atoms with Crippen molar-refractivity contribution >= 4 is 29.1 Å². The molecule has 1 atom stereocenters. The van der Waals surface area contributed by atoms with Crippen molar-refractivity contribution in [1.82, 2.24) is 15.2 Å². The summed E-state index contributed by atoms with van der Waals surface area (Å²) in [6.45, 7) is 4.34. The van der Waals surface area contributed by atoms with Gasteiger partial charge in [0.2, 0.25) is 0 Å². The van der Waals surface area contributed by atoms with Crippen molar-refractivity contribution < 1.29 is 4.79 Å². The molecule has 0 aromatic carbocycles. The number of hydrogen-bond acceptors (Lipinski definition) is 2. The summed E-state index contributed by atoms with van der Waals surface area (Å²) in [5.74, 6) is -0.0530. The first-order chi connectivity index (χ1) is 7.59. The van der Waals surface area contributed by atoms with Gasteiger partial charge in [0, 0.05) is 25.7 Å². The van der Waals surface area contributed by atoms with Crippen molar-refractivity contribution in [2.45, 2.75) is 13.0 Å². The van der Waals surface area contributed by atoms with E-state index in [0.29, 0.717) is 22.4 Å². The maximum absolute atomic E-state index is 12.1. The SMILES string of the molecule is C[C@@H]1CNCCN1C(=O)c1cc(Cl)c(Cl)[nH]1. The molecule has 2 rings (SSSR count). The Bertz CT molecular complexity index is 385. The van der Waals surface area contributed by atoms with Gasteiger partial charge in [-0.1, -0.05) is 23.2 Å². The fraction of sp³-hybridized carbons (Fsp3) is 0.500. The van der Waals surface area contributed by atoms with Crippen molar-refractivity contribution in [2.75, 3.05) is 19.6 Å². The Kier molecular flexibility index (Phi) is 3.42.